The topological polar surface area (TPSA) is 30.0 Å². The van der Waals surface area contributed by atoms with Gasteiger partial charge in [-0.25, -0.2) is 0 Å². The molecular formula is C13H13NOS. The van der Waals surface area contributed by atoms with Crippen LogP contribution in [0.5, 0.6) is 0 Å². The molecule has 0 spiro atoms. The van der Waals surface area contributed by atoms with Gasteiger partial charge in [0.05, 0.1) is 0 Å². The molecule has 0 atom stereocenters. The predicted octanol–water partition coefficient (Wildman–Crippen LogP) is 3.17. The highest BCUT2D eigenvalue weighted by Gasteiger charge is 2.08. The van der Waals surface area contributed by atoms with Crippen molar-refractivity contribution in [1.82, 2.24) is 4.98 Å². The molecule has 0 fully saturated rings. The van der Waals surface area contributed by atoms with Crippen LogP contribution in [0.1, 0.15) is 16.8 Å². The first kappa shape index (κ1) is 11.1. The van der Waals surface area contributed by atoms with E-state index in [4.69, 9.17) is 0 Å². The zero-order chi connectivity index (χ0) is 11.4. The molecule has 0 bridgehead atoms. The maximum atomic E-state index is 12.0. The van der Waals surface area contributed by atoms with Crippen LogP contribution in [-0.2, 0) is 0 Å². The number of carbonyl (C=O) groups is 1. The van der Waals surface area contributed by atoms with Crippen molar-refractivity contribution in [3.63, 3.8) is 0 Å². The zero-order valence-corrected chi connectivity index (χ0v) is 9.96. The van der Waals surface area contributed by atoms with Gasteiger partial charge in [-0.05, 0) is 17.7 Å². The molecule has 2 aromatic rings. The number of rotatable bonds is 4. The third-order valence-corrected chi connectivity index (χ3v) is 3.13. The predicted molar refractivity (Wildman–Crippen MR) is 69.1 cm³/mol. The van der Waals surface area contributed by atoms with Crippen molar-refractivity contribution < 1.29 is 4.79 Å². The van der Waals surface area contributed by atoms with Crippen molar-refractivity contribution in [2.24, 2.45) is 0 Å². The molecule has 82 valence electrons. The van der Waals surface area contributed by atoms with E-state index in [0.29, 0.717) is 6.42 Å². The molecule has 2 nitrogen and oxygen atoms in total. The lowest BCUT2D eigenvalue weighted by atomic mass is 10.0. The van der Waals surface area contributed by atoms with Crippen LogP contribution >= 0.6 is 11.8 Å². The number of aromatic nitrogens is 1. The molecule has 16 heavy (non-hydrogen) atoms. The van der Waals surface area contributed by atoms with E-state index in [9.17, 15) is 4.79 Å². The minimum Gasteiger partial charge on any atom is -0.294 e. The van der Waals surface area contributed by atoms with Gasteiger partial charge in [-0.1, -0.05) is 18.2 Å². The summed E-state index contributed by atoms with van der Waals surface area (Å²) in [7, 11) is 0. The van der Waals surface area contributed by atoms with Crippen molar-refractivity contribution in [3.8, 4) is 0 Å². The number of thioether (sulfide) groups is 1. The van der Waals surface area contributed by atoms with Crippen molar-refractivity contribution in [2.45, 2.75) is 6.42 Å². The molecule has 1 aromatic heterocycles. The standard InChI is InChI=1S/C13H13NOS/c1-16-8-6-13(15)12-4-2-3-10-9-14-7-5-11(10)12/h2-5,7,9H,6,8H2,1H3. The summed E-state index contributed by atoms with van der Waals surface area (Å²) in [4.78, 5) is 16.0. The van der Waals surface area contributed by atoms with Crippen LogP contribution in [0.4, 0.5) is 0 Å². The van der Waals surface area contributed by atoms with E-state index in [2.05, 4.69) is 4.98 Å². The Morgan fingerprint density at radius 2 is 2.25 bits per heavy atom. The van der Waals surface area contributed by atoms with Gasteiger partial charge in [0.25, 0.3) is 0 Å². The summed E-state index contributed by atoms with van der Waals surface area (Å²) in [6.45, 7) is 0. The van der Waals surface area contributed by atoms with Gasteiger partial charge in [-0.3, -0.25) is 9.78 Å². The number of carbonyl (C=O) groups excluding carboxylic acids is 1. The number of benzene rings is 1. The zero-order valence-electron chi connectivity index (χ0n) is 9.14. The second-order valence-electron chi connectivity index (χ2n) is 3.57. The van der Waals surface area contributed by atoms with Gasteiger partial charge < -0.3 is 0 Å². The van der Waals surface area contributed by atoms with Gasteiger partial charge >= 0.3 is 0 Å². The molecule has 0 amide bonds. The second-order valence-corrected chi connectivity index (χ2v) is 4.55. The first-order valence-electron chi connectivity index (χ1n) is 5.18. The molecule has 0 saturated heterocycles. The molecule has 0 aliphatic carbocycles. The van der Waals surface area contributed by atoms with E-state index in [-0.39, 0.29) is 5.78 Å². The normalized spacial score (nSPS) is 10.6. The van der Waals surface area contributed by atoms with Gasteiger partial charge in [0.1, 0.15) is 0 Å². The average Bonchev–Trinajstić information content (AvgIpc) is 2.35. The molecule has 2 rings (SSSR count). The van der Waals surface area contributed by atoms with E-state index >= 15 is 0 Å². The van der Waals surface area contributed by atoms with Crippen LogP contribution in [0.3, 0.4) is 0 Å². The van der Waals surface area contributed by atoms with Crippen molar-refractivity contribution >= 4 is 28.3 Å². The second kappa shape index (κ2) is 5.12. The summed E-state index contributed by atoms with van der Waals surface area (Å²) in [6, 6.07) is 7.69. The summed E-state index contributed by atoms with van der Waals surface area (Å²) in [5.74, 6) is 1.09. The summed E-state index contributed by atoms with van der Waals surface area (Å²) >= 11 is 1.70. The van der Waals surface area contributed by atoms with Crippen molar-refractivity contribution in [1.29, 1.82) is 0 Å². The number of hydrogen-bond donors (Lipinski definition) is 0. The third kappa shape index (κ3) is 2.25. The number of pyridine rings is 1. The highest BCUT2D eigenvalue weighted by Crippen LogP contribution is 2.19. The Bertz CT molecular complexity index is 505. The summed E-state index contributed by atoms with van der Waals surface area (Å²) < 4.78 is 0. The molecule has 0 N–H and O–H groups in total. The number of fused-ring (bicyclic) bond motifs is 1. The highest BCUT2D eigenvalue weighted by atomic mass is 32.2. The van der Waals surface area contributed by atoms with Gasteiger partial charge in [0.2, 0.25) is 0 Å². The maximum Gasteiger partial charge on any atom is 0.164 e. The molecule has 0 radical (unpaired) electrons. The van der Waals surface area contributed by atoms with E-state index in [0.717, 1.165) is 22.1 Å². The monoisotopic (exact) mass is 231 g/mol. The Labute approximate surface area is 99.1 Å². The van der Waals surface area contributed by atoms with Gasteiger partial charge in [0.15, 0.2) is 5.78 Å². The first-order valence-corrected chi connectivity index (χ1v) is 6.57. The molecular weight excluding hydrogens is 218 g/mol. The van der Waals surface area contributed by atoms with E-state index in [1.54, 1.807) is 24.2 Å². The first-order chi connectivity index (χ1) is 7.83. The minimum atomic E-state index is 0.214. The molecule has 0 unspecified atom stereocenters. The van der Waals surface area contributed by atoms with Crippen LogP contribution in [-0.4, -0.2) is 22.8 Å². The summed E-state index contributed by atoms with van der Waals surface area (Å²) in [5, 5.41) is 2.03. The van der Waals surface area contributed by atoms with E-state index in [1.807, 2.05) is 30.5 Å². The van der Waals surface area contributed by atoms with Crippen molar-refractivity contribution in [3.05, 3.63) is 42.2 Å². The third-order valence-electron chi connectivity index (χ3n) is 2.51. The Hall–Kier alpha value is -1.35. The number of ketones is 1. The van der Waals surface area contributed by atoms with Gasteiger partial charge in [-0.15, -0.1) is 0 Å². The lowest BCUT2D eigenvalue weighted by molar-refractivity contribution is 0.0991. The maximum absolute atomic E-state index is 12.0. The smallest absolute Gasteiger partial charge is 0.164 e. The van der Waals surface area contributed by atoms with Crippen LogP contribution in [0.15, 0.2) is 36.7 Å². The fraction of sp³-hybridized carbons (Fsp3) is 0.231. The Morgan fingerprint density at radius 3 is 3.06 bits per heavy atom. The highest BCUT2D eigenvalue weighted by molar-refractivity contribution is 7.98. The summed E-state index contributed by atoms with van der Waals surface area (Å²) in [6.07, 6.45) is 6.14. The molecule has 3 heteroatoms. The molecule has 0 aliphatic heterocycles. The number of hydrogen-bond acceptors (Lipinski definition) is 3. The van der Waals surface area contributed by atoms with Gasteiger partial charge in [-0.2, -0.15) is 11.8 Å². The largest absolute Gasteiger partial charge is 0.294 e. The molecule has 0 aliphatic rings. The molecule has 1 aromatic carbocycles. The Kier molecular flexibility index (Phi) is 3.57. The fourth-order valence-electron chi connectivity index (χ4n) is 1.70. The van der Waals surface area contributed by atoms with E-state index < -0.39 is 0 Å². The lowest BCUT2D eigenvalue weighted by Crippen LogP contribution is -2.01. The molecule has 1 heterocycles. The lowest BCUT2D eigenvalue weighted by Gasteiger charge is -2.04. The van der Waals surface area contributed by atoms with Crippen LogP contribution in [0, 0.1) is 0 Å². The van der Waals surface area contributed by atoms with E-state index in [1.165, 1.54) is 0 Å². The Morgan fingerprint density at radius 1 is 1.38 bits per heavy atom. The van der Waals surface area contributed by atoms with Gasteiger partial charge in [0, 0.05) is 35.5 Å². The van der Waals surface area contributed by atoms with Crippen LogP contribution in [0.25, 0.3) is 10.8 Å². The van der Waals surface area contributed by atoms with Crippen LogP contribution < -0.4 is 0 Å². The Balaban J connectivity index is 2.40. The quantitative estimate of drug-likeness (QED) is 0.757. The SMILES string of the molecule is CSCCC(=O)c1cccc2cnccc12. The van der Waals surface area contributed by atoms with Crippen LogP contribution in [0.2, 0.25) is 0 Å². The summed E-state index contributed by atoms with van der Waals surface area (Å²) in [5.41, 5.74) is 0.814. The fourth-order valence-corrected chi connectivity index (χ4v) is 2.08. The average molecular weight is 231 g/mol. The molecule has 0 saturated carbocycles. The number of nitrogens with zero attached hydrogens (tertiary/aromatic N) is 1. The minimum absolute atomic E-state index is 0.214. The number of Topliss-reactive ketones (excluding diaryl/α,β-unsaturated/α-hetero) is 1. The van der Waals surface area contributed by atoms with Crippen molar-refractivity contribution in [2.75, 3.05) is 12.0 Å².